The second kappa shape index (κ2) is 6.61. The minimum Gasteiger partial charge on any atom is -0.324 e. The van der Waals surface area contributed by atoms with Gasteiger partial charge in [-0.05, 0) is 51.6 Å². The van der Waals surface area contributed by atoms with Crippen LogP contribution < -0.4 is 5.73 Å². The molecule has 2 N–H and O–H groups in total. The van der Waals surface area contributed by atoms with E-state index in [1.807, 2.05) is 0 Å². The van der Waals surface area contributed by atoms with Crippen LogP contribution in [0.1, 0.15) is 59.3 Å². The van der Waals surface area contributed by atoms with Crippen molar-refractivity contribution < 1.29 is 0 Å². The standard InChI is InChI=1S/C14H30N2/c1-4-6-10-16(11-7-5-2)12-14(3,15)13-8-9-13/h13H,4-12,15H2,1-3H3. The predicted molar refractivity (Wildman–Crippen MR) is 71.6 cm³/mol. The Balaban J connectivity index is 2.34. The second-order valence-electron chi connectivity index (χ2n) is 5.76. The Morgan fingerprint density at radius 2 is 1.62 bits per heavy atom. The molecule has 0 heterocycles. The van der Waals surface area contributed by atoms with Crippen LogP contribution in [0.4, 0.5) is 0 Å². The van der Waals surface area contributed by atoms with Crippen molar-refractivity contribution >= 4 is 0 Å². The van der Waals surface area contributed by atoms with Gasteiger partial charge in [-0.15, -0.1) is 0 Å². The zero-order chi connectivity index (χ0) is 12.0. The highest BCUT2D eigenvalue weighted by Gasteiger charge is 2.39. The van der Waals surface area contributed by atoms with E-state index in [1.165, 1.54) is 51.6 Å². The molecule has 1 unspecified atom stereocenters. The van der Waals surface area contributed by atoms with Crippen LogP contribution in [0.25, 0.3) is 0 Å². The van der Waals surface area contributed by atoms with Gasteiger partial charge in [0, 0.05) is 12.1 Å². The van der Waals surface area contributed by atoms with Crippen molar-refractivity contribution in [2.45, 2.75) is 64.8 Å². The van der Waals surface area contributed by atoms with Gasteiger partial charge in [-0.25, -0.2) is 0 Å². The molecule has 2 heteroatoms. The van der Waals surface area contributed by atoms with Crippen LogP contribution in [0, 0.1) is 5.92 Å². The van der Waals surface area contributed by atoms with Crippen molar-refractivity contribution in [1.82, 2.24) is 4.90 Å². The molecular formula is C14H30N2. The van der Waals surface area contributed by atoms with E-state index in [-0.39, 0.29) is 5.54 Å². The summed E-state index contributed by atoms with van der Waals surface area (Å²) in [7, 11) is 0. The van der Waals surface area contributed by atoms with Gasteiger partial charge in [0.2, 0.25) is 0 Å². The molecule has 0 radical (unpaired) electrons. The lowest BCUT2D eigenvalue weighted by molar-refractivity contribution is 0.197. The van der Waals surface area contributed by atoms with E-state index in [2.05, 4.69) is 25.7 Å². The van der Waals surface area contributed by atoms with E-state index >= 15 is 0 Å². The molecule has 1 fully saturated rings. The fourth-order valence-corrected chi connectivity index (χ4v) is 2.39. The van der Waals surface area contributed by atoms with E-state index in [4.69, 9.17) is 5.73 Å². The Kier molecular flexibility index (Phi) is 5.77. The molecule has 1 atom stereocenters. The molecule has 0 aliphatic heterocycles. The molecule has 0 aromatic carbocycles. The maximum Gasteiger partial charge on any atom is 0.0283 e. The summed E-state index contributed by atoms with van der Waals surface area (Å²) in [6.07, 6.45) is 7.89. The van der Waals surface area contributed by atoms with Crippen molar-refractivity contribution in [3.05, 3.63) is 0 Å². The van der Waals surface area contributed by atoms with Crippen molar-refractivity contribution in [2.24, 2.45) is 11.7 Å². The number of nitrogens with zero attached hydrogens (tertiary/aromatic N) is 1. The second-order valence-corrected chi connectivity index (χ2v) is 5.76. The van der Waals surface area contributed by atoms with Crippen molar-refractivity contribution in [3.8, 4) is 0 Å². The van der Waals surface area contributed by atoms with Crippen LogP contribution >= 0.6 is 0 Å². The minimum absolute atomic E-state index is 0.0570. The lowest BCUT2D eigenvalue weighted by atomic mass is 9.96. The first-order chi connectivity index (χ1) is 7.60. The summed E-state index contributed by atoms with van der Waals surface area (Å²) in [4.78, 5) is 2.59. The van der Waals surface area contributed by atoms with Crippen LogP contribution in [0.2, 0.25) is 0 Å². The molecule has 1 saturated carbocycles. The van der Waals surface area contributed by atoms with Crippen molar-refractivity contribution in [1.29, 1.82) is 0 Å². The monoisotopic (exact) mass is 226 g/mol. The van der Waals surface area contributed by atoms with Gasteiger partial charge in [-0.3, -0.25) is 0 Å². The number of hydrogen-bond acceptors (Lipinski definition) is 2. The highest BCUT2D eigenvalue weighted by molar-refractivity contribution is 4.97. The van der Waals surface area contributed by atoms with Crippen molar-refractivity contribution in [2.75, 3.05) is 19.6 Å². The smallest absolute Gasteiger partial charge is 0.0283 e. The number of hydrogen-bond donors (Lipinski definition) is 1. The Labute approximate surface area is 102 Å². The van der Waals surface area contributed by atoms with E-state index in [0.29, 0.717) is 0 Å². The van der Waals surface area contributed by atoms with Crippen LogP contribution in [0.15, 0.2) is 0 Å². The number of unbranched alkanes of at least 4 members (excludes halogenated alkanes) is 2. The SMILES string of the molecule is CCCCN(CCCC)CC(C)(N)C1CC1. The first-order valence-corrected chi connectivity index (χ1v) is 7.11. The molecular weight excluding hydrogens is 196 g/mol. The van der Waals surface area contributed by atoms with Gasteiger partial charge in [0.15, 0.2) is 0 Å². The summed E-state index contributed by atoms with van der Waals surface area (Å²) in [5, 5.41) is 0. The van der Waals surface area contributed by atoms with Crippen LogP contribution in [-0.2, 0) is 0 Å². The molecule has 0 spiro atoms. The zero-order valence-electron chi connectivity index (χ0n) is 11.5. The Morgan fingerprint density at radius 3 is 2.00 bits per heavy atom. The van der Waals surface area contributed by atoms with Gasteiger partial charge >= 0.3 is 0 Å². The molecule has 0 amide bonds. The fourth-order valence-electron chi connectivity index (χ4n) is 2.39. The van der Waals surface area contributed by atoms with E-state index in [0.717, 1.165) is 12.5 Å². The normalized spacial score (nSPS) is 20.1. The van der Waals surface area contributed by atoms with Crippen LogP contribution in [0.3, 0.4) is 0 Å². The molecule has 0 saturated heterocycles. The first kappa shape index (κ1) is 14.0. The van der Waals surface area contributed by atoms with Crippen molar-refractivity contribution in [3.63, 3.8) is 0 Å². The molecule has 0 aromatic rings. The highest BCUT2D eigenvalue weighted by Crippen LogP contribution is 2.38. The van der Waals surface area contributed by atoms with E-state index in [9.17, 15) is 0 Å². The third kappa shape index (κ3) is 4.84. The third-order valence-electron chi connectivity index (χ3n) is 3.73. The van der Waals surface area contributed by atoms with Gasteiger partial charge in [0.1, 0.15) is 0 Å². The summed E-state index contributed by atoms with van der Waals surface area (Å²) >= 11 is 0. The molecule has 1 rings (SSSR count). The summed E-state index contributed by atoms with van der Waals surface area (Å²) in [5.74, 6) is 0.790. The summed E-state index contributed by atoms with van der Waals surface area (Å²) < 4.78 is 0. The van der Waals surface area contributed by atoms with Gasteiger partial charge in [-0.2, -0.15) is 0 Å². The summed E-state index contributed by atoms with van der Waals surface area (Å²) in [6, 6.07) is 0. The van der Waals surface area contributed by atoms with Gasteiger partial charge in [0.05, 0.1) is 0 Å². The molecule has 16 heavy (non-hydrogen) atoms. The highest BCUT2D eigenvalue weighted by atomic mass is 15.1. The van der Waals surface area contributed by atoms with Crippen LogP contribution in [0.5, 0.6) is 0 Å². The van der Waals surface area contributed by atoms with Gasteiger partial charge in [-0.1, -0.05) is 26.7 Å². The molecule has 2 nitrogen and oxygen atoms in total. The topological polar surface area (TPSA) is 29.3 Å². The Morgan fingerprint density at radius 1 is 1.12 bits per heavy atom. The zero-order valence-corrected chi connectivity index (χ0v) is 11.5. The molecule has 1 aliphatic carbocycles. The average Bonchev–Trinajstić information content (AvgIpc) is 3.05. The van der Waals surface area contributed by atoms with Gasteiger partial charge in [0.25, 0.3) is 0 Å². The van der Waals surface area contributed by atoms with E-state index < -0.39 is 0 Å². The maximum absolute atomic E-state index is 6.42. The molecule has 0 bridgehead atoms. The largest absolute Gasteiger partial charge is 0.324 e. The Bertz CT molecular complexity index is 177. The predicted octanol–water partition coefficient (Wildman–Crippen LogP) is 3.02. The fraction of sp³-hybridized carbons (Fsp3) is 1.00. The summed E-state index contributed by atoms with van der Waals surface area (Å²) in [5.41, 5.74) is 6.48. The number of nitrogens with two attached hydrogens (primary N) is 1. The first-order valence-electron chi connectivity index (χ1n) is 7.11. The lowest BCUT2D eigenvalue weighted by Gasteiger charge is -2.33. The molecule has 1 aliphatic rings. The quantitative estimate of drug-likeness (QED) is 0.655. The minimum atomic E-state index is 0.0570. The third-order valence-corrected chi connectivity index (χ3v) is 3.73. The molecule has 96 valence electrons. The summed E-state index contributed by atoms with van der Waals surface area (Å²) in [6.45, 7) is 10.3. The van der Waals surface area contributed by atoms with E-state index in [1.54, 1.807) is 0 Å². The lowest BCUT2D eigenvalue weighted by Crippen LogP contribution is -2.50. The average molecular weight is 226 g/mol. The molecule has 0 aromatic heterocycles. The Hall–Kier alpha value is -0.0800. The van der Waals surface area contributed by atoms with Crippen LogP contribution in [-0.4, -0.2) is 30.1 Å². The number of rotatable bonds is 9. The van der Waals surface area contributed by atoms with Gasteiger partial charge < -0.3 is 10.6 Å². The maximum atomic E-state index is 6.42.